The van der Waals surface area contributed by atoms with E-state index in [0.717, 1.165) is 51.4 Å². The average Bonchev–Trinajstić information content (AvgIpc) is 3.01. The lowest BCUT2D eigenvalue weighted by Gasteiger charge is -2.22. The molecule has 0 rings (SSSR count). The van der Waals surface area contributed by atoms with Crippen LogP contribution in [0.3, 0.4) is 0 Å². The van der Waals surface area contributed by atoms with Crippen molar-refractivity contribution in [1.29, 1.82) is 0 Å². The molecule has 0 radical (unpaired) electrons. The van der Waals surface area contributed by atoms with Crippen LogP contribution in [0.4, 0.5) is 0 Å². The predicted molar refractivity (Wildman–Crippen MR) is 182 cm³/mol. The topological polar surface area (TPSA) is 165 Å². The first kappa shape index (κ1) is 42.9. The molecule has 0 aliphatic heterocycles. The Morgan fingerprint density at radius 2 is 1.24 bits per heavy atom. The molecule has 0 aliphatic carbocycles. The second-order valence-electron chi connectivity index (χ2n) is 12.4. The summed E-state index contributed by atoms with van der Waals surface area (Å²) in [4.78, 5) is 61.0. The zero-order valence-corrected chi connectivity index (χ0v) is 29.2. The fourth-order valence-corrected chi connectivity index (χ4v) is 5.57. The van der Waals surface area contributed by atoms with Crippen molar-refractivity contribution in [1.82, 2.24) is 10.6 Å². The molecule has 11 heteroatoms. The Balaban J connectivity index is 4.69. The molecular formula is C34H63N3O7S. The number of carbonyl (C=O) groups is 5. The molecule has 4 atom stereocenters. The highest BCUT2D eigenvalue weighted by atomic mass is 32.1. The van der Waals surface area contributed by atoms with Crippen LogP contribution in [0.1, 0.15) is 149 Å². The third-order valence-corrected chi connectivity index (χ3v) is 8.69. The van der Waals surface area contributed by atoms with Crippen LogP contribution in [0.5, 0.6) is 0 Å². The van der Waals surface area contributed by atoms with Gasteiger partial charge in [0.05, 0.1) is 5.92 Å². The van der Waals surface area contributed by atoms with E-state index >= 15 is 0 Å². The zero-order chi connectivity index (χ0) is 33.9. The van der Waals surface area contributed by atoms with Gasteiger partial charge in [-0.2, -0.15) is 12.6 Å². The van der Waals surface area contributed by atoms with Gasteiger partial charge in [0.15, 0.2) is 0 Å². The van der Waals surface area contributed by atoms with Gasteiger partial charge in [-0.15, -0.1) is 0 Å². The number of hydrogen-bond donors (Lipinski definition) is 5. The summed E-state index contributed by atoms with van der Waals surface area (Å²) in [5.41, 5.74) is 5.41. The smallest absolute Gasteiger partial charge is 0.333 e. The van der Waals surface area contributed by atoms with Crippen molar-refractivity contribution >= 4 is 42.4 Å². The van der Waals surface area contributed by atoms with Gasteiger partial charge in [0.25, 0.3) is 0 Å². The summed E-state index contributed by atoms with van der Waals surface area (Å²) >= 11 is 4.08. The number of ether oxygens (including phenoxy) is 1. The monoisotopic (exact) mass is 657 g/mol. The van der Waals surface area contributed by atoms with Crippen molar-refractivity contribution in [2.45, 2.75) is 161 Å². The minimum absolute atomic E-state index is 0.0484. The average molecular weight is 658 g/mol. The Morgan fingerprint density at radius 1 is 0.756 bits per heavy atom. The van der Waals surface area contributed by atoms with Crippen molar-refractivity contribution in [2.24, 2.45) is 17.6 Å². The summed E-state index contributed by atoms with van der Waals surface area (Å²) in [6.45, 7) is 5.92. The van der Waals surface area contributed by atoms with Crippen molar-refractivity contribution < 1.29 is 33.8 Å². The molecule has 0 aromatic heterocycles. The van der Waals surface area contributed by atoms with Crippen LogP contribution in [0.2, 0.25) is 0 Å². The number of carboxylic acids is 1. The number of nitrogens with one attached hydrogen (secondary N) is 2. The zero-order valence-electron chi connectivity index (χ0n) is 28.3. The van der Waals surface area contributed by atoms with E-state index in [4.69, 9.17) is 15.6 Å². The normalized spacial score (nSPS) is 13.8. The number of aliphatic carboxylic acids is 1. The third kappa shape index (κ3) is 22.9. The standard InChI is InChI=1S/C34H63N3O7S/c1-4-6-8-10-11-12-13-14-15-16-17-19-21-27(26(3)20-18-9-7-5-2)34(43)44-31(39)24-36-32(40)29(25-45)37-30(38)23-22-28(35)33(41)42/h26-29,45H,4-25,35H2,1-3H3,(H,36,40)(H,37,38)(H,41,42). The summed E-state index contributed by atoms with van der Waals surface area (Å²) in [7, 11) is 0. The summed E-state index contributed by atoms with van der Waals surface area (Å²) in [5.74, 6) is -4.19. The fraction of sp³-hybridized carbons (Fsp3) is 0.853. The highest BCUT2D eigenvalue weighted by Crippen LogP contribution is 2.26. The number of unbranched alkanes of at least 4 members (excludes halogenated alkanes) is 14. The first-order valence-electron chi connectivity index (χ1n) is 17.5. The van der Waals surface area contributed by atoms with Gasteiger partial charge in [-0.05, 0) is 25.2 Å². The van der Waals surface area contributed by atoms with Gasteiger partial charge in [-0.3, -0.25) is 19.2 Å². The van der Waals surface area contributed by atoms with Gasteiger partial charge < -0.3 is 26.2 Å². The Kier molecular flexibility index (Phi) is 26.8. The lowest BCUT2D eigenvalue weighted by molar-refractivity contribution is -0.164. The van der Waals surface area contributed by atoms with Crippen molar-refractivity contribution in [3.05, 3.63) is 0 Å². The van der Waals surface area contributed by atoms with E-state index in [9.17, 15) is 24.0 Å². The van der Waals surface area contributed by atoms with Gasteiger partial charge in [0, 0.05) is 12.2 Å². The lowest BCUT2D eigenvalue weighted by atomic mass is 9.85. The second kappa shape index (κ2) is 28.1. The fourth-order valence-electron chi connectivity index (χ4n) is 5.31. The quantitative estimate of drug-likeness (QED) is 0.0279. The minimum Gasteiger partial charge on any atom is -0.480 e. The van der Waals surface area contributed by atoms with Crippen LogP contribution in [-0.2, 0) is 28.7 Å². The molecule has 0 spiro atoms. The number of amides is 2. The molecule has 0 saturated carbocycles. The van der Waals surface area contributed by atoms with E-state index < -0.39 is 48.4 Å². The van der Waals surface area contributed by atoms with E-state index in [0.29, 0.717) is 6.42 Å². The number of thiol groups is 1. The van der Waals surface area contributed by atoms with Crippen LogP contribution in [-0.4, -0.2) is 59.2 Å². The van der Waals surface area contributed by atoms with E-state index in [-0.39, 0.29) is 30.4 Å². The first-order valence-corrected chi connectivity index (χ1v) is 18.1. The summed E-state index contributed by atoms with van der Waals surface area (Å²) in [5, 5.41) is 13.7. The maximum Gasteiger partial charge on any atom is 0.333 e. The van der Waals surface area contributed by atoms with Crippen molar-refractivity contribution in [3.63, 3.8) is 0 Å². The Morgan fingerprint density at radius 3 is 1.76 bits per heavy atom. The minimum atomic E-state index is -1.22. The maximum absolute atomic E-state index is 13.1. The summed E-state index contributed by atoms with van der Waals surface area (Å²) < 4.78 is 5.18. The number of esters is 2. The van der Waals surface area contributed by atoms with Gasteiger partial charge in [-0.25, -0.2) is 4.79 Å². The van der Waals surface area contributed by atoms with Gasteiger partial charge in [0.1, 0.15) is 18.6 Å². The molecule has 0 fully saturated rings. The molecule has 4 unspecified atom stereocenters. The van der Waals surface area contributed by atoms with Crippen LogP contribution in [0.15, 0.2) is 0 Å². The van der Waals surface area contributed by atoms with Crippen LogP contribution >= 0.6 is 12.6 Å². The number of nitrogens with two attached hydrogens (primary N) is 1. The number of carboxylic acid groups (broad SMARTS) is 1. The van der Waals surface area contributed by atoms with Gasteiger partial charge in [-0.1, -0.05) is 124 Å². The Labute approximate surface area is 277 Å². The molecule has 45 heavy (non-hydrogen) atoms. The molecule has 0 aromatic rings. The molecule has 0 aliphatic rings. The molecular weight excluding hydrogens is 594 g/mol. The van der Waals surface area contributed by atoms with Gasteiger partial charge >= 0.3 is 17.9 Å². The van der Waals surface area contributed by atoms with E-state index in [1.807, 2.05) is 6.92 Å². The predicted octanol–water partition coefficient (Wildman–Crippen LogP) is 6.09. The molecule has 0 heterocycles. The third-order valence-electron chi connectivity index (χ3n) is 8.33. The van der Waals surface area contributed by atoms with Crippen LogP contribution in [0.25, 0.3) is 0 Å². The lowest BCUT2D eigenvalue weighted by Crippen LogP contribution is -2.49. The van der Waals surface area contributed by atoms with Crippen molar-refractivity contribution in [3.8, 4) is 0 Å². The van der Waals surface area contributed by atoms with E-state index in [1.165, 1.54) is 57.8 Å². The number of carbonyl (C=O) groups excluding carboxylic acids is 4. The molecule has 2 amide bonds. The maximum atomic E-state index is 13.1. The highest BCUT2D eigenvalue weighted by molar-refractivity contribution is 7.80. The first-order chi connectivity index (χ1) is 21.6. The van der Waals surface area contributed by atoms with Crippen LogP contribution < -0.4 is 16.4 Å². The van der Waals surface area contributed by atoms with E-state index in [2.05, 4.69) is 37.1 Å². The van der Waals surface area contributed by atoms with Gasteiger partial charge in [0.2, 0.25) is 11.8 Å². The number of hydrogen-bond acceptors (Lipinski definition) is 8. The molecule has 10 nitrogen and oxygen atoms in total. The van der Waals surface area contributed by atoms with E-state index in [1.54, 1.807) is 0 Å². The highest BCUT2D eigenvalue weighted by Gasteiger charge is 2.28. The largest absolute Gasteiger partial charge is 0.480 e. The molecule has 262 valence electrons. The van der Waals surface area contributed by atoms with Crippen LogP contribution in [0, 0.1) is 11.8 Å². The summed E-state index contributed by atoms with van der Waals surface area (Å²) in [6, 6.07) is -2.24. The molecule has 0 saturated heterocycles. The second-order valence-corrected chi connectivity index (χ2v) is 12.8. The Hall–Kier alpha value is -2.14. The van der Waals surface area contributed by atoms with Crippen molar-refractivity contribution in [2.75, 3.05) is 12.3 Å². The molecule has 0 bridgehead atoms. The Bertz CT molecular complexity index is 843. The molecule has 0 aromatic carbocycles. The number of rotatable bonds is 29. The SMILES string of the molecule is CCCCCCCCCCCCCCC(C(=O)OC(=O)CNC(=O)C(CS)NC(=O)CCC(N)C(=O)O)C(C)CCCCCC. The summed E-state index contributed by atoms with van der Waals surface area (Å²) in [6.07, 6.45) is 20.5. The molecule has 5 N–H and O–H groups in total.